The molecule has 5 fully saturated rings. The van der Waals surface area contributed by atoms with E-state index >= 15 is 0 Å². The Bertz CT molecular complexity index is 734. The van der Waals surface area contributed by atoms with E-state index in [1.807, 2.05) is 0 Å². The van der Waals surface area contributed by atoms with Gasteiger partial charge < -0.3 is 4.90 Å². The zero-order valence-corrected chi connectivity index (χ0v) is 18.3. The second-order valence-electron chi connectivity index (χ2n) is 10.3. The largest absolute Gasteiger partial charge is 0.332 e. The molecule has 0 aromatic carbocycles. The van der Waals surface area contributed by atoms with Crippen LogP contribution in [0.15, 0.2) is 12.4 Å². The first-order chi connectivity index (χ1) is 14.0. The van der Waals surface area contributed by atoms with Crippen molar-refractivity contribution in [1.29, 1.82) is 0 Å². The van der Waals surface area contributed by atoms with E-state index in [1.54, 1.807) is 0 Å². The predicted octanol–water partition coefficient (Wildman–Crippen LogP) is 3.89. The van der Waals surface area contributed by atoms with E-state index < -0.39 is 0 Å². The number of piperazine rings is 1. The summed E-state index contributed by atoms with van der Waals surface area (Å²) in [6, 6.07) is 1.15. The van der Waals surface area contributed by atoms with Crippen LogP contribution >= 0.6 is 0 Å². The van der Waals surface area contributed by atoms with Gasteiger partial charge in [0.2, 0.25) is 5.95 Å². The molecule has 6 atom stereocenters. The van der Waals surface area contributed by atoms with Crippen LogP contribution in [-0.2, 0) is 4.79 Å². The summed E-state index contributed by atoms with van der Waals surface area (Å²) in [5, 5.41) is 0. The lowest BCUT2D eigenvalue weighted by atomic mass is 9.57. The van der Waals surface area contributed by atoms with Crippen molar-refractivity contribution < 1.29 is 4.79 Å². The number of likely N-dealkylation sites (tertiary alicyclic amines) is 1. The van der Waals surface area contributed by atoms with Gasteiger partial charge in [-0.15, -0.1) is 0 Å². The third-order valence-electron chi connectivity index (χ3n) is 8.42. The van der Waals surface area contributed by atoms with Gasteiger partial charge in [0, 0.05) is 49.4 Å². The van der Waals surface area contributed by atoms with Gasteiger partial charge in [0.05, 0.1) is 0 Å². The number of fused-ring (bicyclic) bond motifs is 5. The van der Waals surface area contributed by atoms with Crippen LogP contribution in [-0.4, -0.2) is 52.4 Å². The lowest BCUT2D eigenvalue weighted by Gasteiger charge is -2.47. The molecule has 5 nitrogen and oxygen atoms in total. The highest BCUT2D eigenvalue weighted by Crippen LogP contribution is 2.53. The van der Waals surface area contributed by atoms with E-state index in [4.69, 9.17) is 9.97 Å². The highest BCUT2D eigenvalue weighted by Gasteiger charge is 2.45. The second kappa shape index (κ2) is 7.64. The number of ketones is 1. The van der Waals surface area contributed by atoms with E-state index in [0.29, 0.717) is 41.5 Å². The molecular weight excluding hydrogens is 360 g/mol. The van der Waals surface area contributed by atoms with Crippen LogP contribution in [0.25, 0.3) is 0 Å². The summed E-state index contributed by atoms with van der Waals surface area (Å²) < 4.78 is 0. The van der Waals surface area contributed by atoms with Crippen LogP contribution in [0.3, 0.4) is 0 Å². The van der Waals surface area contributed by atoms with E-state index in [2.05, 4.69) is 43.0 Å². The van der Waals surface area contributed by atoms with Crippen LogP contribution < -0.4 is 4.90 Å². The summed E-state index contributed by atoms with van der Waals surface area (Å²) in [5.74, 6) is 3.65. The van der Waals surface area contributed by atoms with Gasteiger partial charge in [-0.3, -0.25) is 9.69 Å². The van der Waals surface area contributed by atoms with Gasteiger partial charge in [-0.05, 0) is 68.4 Å². The average Bonchev–Trinajstić information content (AvgIpc) is 3.02. The zero-order chi connectivity index (χ0) is 20.1. The minimum absolute atomic E-state index is 0.170. The van der Waals surface area contributed by atoms with Gasteiger partial charge in [-0.2, -0.15) is 0 Å². The number of nitrogens with zero attached hydrogens (tertiary/aromatic N) is 4. The molecule has 0 radical (unpaired) electrons. The number of Topliss-reactive ketones (excluding diaryl/α,β-unsaturated/α-hetero) is 1. The van der Waals surface area contributed by atoms with E-state index in [9.17, 15) is 4.79 Å². The van der Waals surface area contributed by atoms with E-state index in [0.717, 1.165) is 38.4 Å². The SMILES string of the molecule is CCN1CC2CCC(C1)N2c1ncc([C@H]2CC3CCC2C[C@@H]3C(=O)C(C)C)cn1. The van der Waals surface area contributed by atoms with Gasteiger partial charge in [0.25, 0.3) is 0 Å². The fourth-order valence-electron chi connectivity index (χ4n) is 6.85. The number of carbonyl (C=O) groups excluding carboxylic acids is 1. The van der Waals surface area contributed by atoms with Gasteiger partial charge in [0.1, 0.15) is 5.78 Å². The lowest BCUT2D eigenvalue weighted by Crippen LogP contribution is -2.54. The van der Waals surface area contributed by atoms with Crippen molar-refractivity contribution in [2.75, 3.05) is 24.5 Å². The molecule has 3 heterocycles. The number of rotatable bonds is 5. The van der Waals surface area contributed by atoms with Crippen molar-refractivity contribution >= 4 is 11.7 Å². The molecule has 1 aromatic rings. The van der Waals surface area contributed by atoms with Crippen LogP contribution in [0.5, 0.6) is 0 Å². The van der Waals surface area contributed by atoms with Gasteiger partial charge in [-0.1, -0.05) is 20.8 Å². The third kappa shape index (κ3) is 3.39. The molecule has 3 aliphatic carbocycles. The van der Waals surface area contributed by atoms with Gasteiger partial charge >= 0.3 is 0 Å². The molecule has 3 saturated carbocycles. The molecule has 0 spiro atoms. The van der Waals surface area contributed by atoms with Crippen molar-refractivity contribution in [3.63, 3.8) is 0 Å². The number of aromatic nitrogens is 2. The molecule has 6 rings (SSSR count). The van der Waals surface area contributed by atoms with Gasteiger partial charge in [-0.25, -0.2) is 9.97 Å². The first-order valence-corrected chi connectivity index (χ1v) is 11.9. The quantitative estimate of drug-likeness (QED) is 0.756. The molecule has 29 heavy (non-hydrogen) atoms. The third-order valence-corrected chi connectivity index (χ3v) is 8.42. The Labute approximate surface area is 175 Å². The maximum absolute atomic E-state index is 12.6. The molecule has 5 aliphatic rings. The fraction of sp³-hybridized carbons (Fsp3) is 0.792. The zero-order valence-electron chi connectivity index (χ0n) is 18.3. The highest BCUT2D eigenvalue weighted by molar-refractivity contribution is 5.83. The number of carbonyl (C=O) groups is 1. The smallest absolute Gasteiger partial charge is 0.225 e. The number of anilines is 1. The number of likely N-dealkylation sites (N-methyl/N-ethyl adjacent to an activating group) is 1. The number of hydrogen-bond acceptors (Lipinski definition) is 5. The molecule has 4 unspecified atom stereocenters. The Morgan fingerprint density at radius 2 is 1.69 bits per heavy atom. The summed E-state index contributed by atoms with van der Waals surface area (Å²) in [6.45, 7) is 9.82. The maximum Gasteiger partial charge on any atom is 0.225 e. The Balaban J connectivity index is 1.29. The summed E-state index contributed by atoms with van der Waals surface area (Å²) in [6.07, 6.45) is 11.5. The predicted molar refractivity (Wildman–Crippen MR) is 115 cm³/mol. The van der Waals surface area contributed by atoms with Crippen LogP contribution in [0.4, 0.5) is 5.95 Å². The summed E-state index contributed by atoms with van der Waals surface area (Å²) in [4.78, 5) is 27.4. The summed E-state index contributed by atoms with van der Waals surface area (Å²) >= 11 is 0. The standard InChI is InChI=1S/C24H36N4O/c1-4-27-13-19-7-8-20(14-27)28(19)24-25-11-18(12-26-24)21-9-17-6-5-16(21)10-22(17)23(29)15(2)3/h11-12,15-17,19-22H,4-10,13-14H2,1-3H3/t16?,17?,19?,20?,21-,22-/m0/s1. The molecule has 1 aromatic heterocycles. The first-order valence-electron chi connectivity index (χ1n) is 11.9. The van der Waals surface area contributed by atoms with Crippen LogP contribution in [0.1, 0.15) is 70.8 Å². The van der Waals surface area contributed by atoms with Crippen molar-refractivity contribution in [3.8, 4) is 0 Å². The Hall–Kier alpha value is -1.49. The van der Waals surface area contributed by atoms with E-state index in [1.165, 1.54) is 31.2 Å². The molecule has 0 amide bonds. The highest BCUT2D eigenvalue weighted by atomic mass is 16.1. The Morgan fingerprint density at radius 1 is 1.03 bits per heavy atom. The Morgan fingerprint density at radius 3 is 2.24 bits per heavy atom. The maximum atomic E-state index is 12.6. The molecule has 2 saturated heterocycles. The summed E-state index contributed by atoms with van der Waals surface area (Å²) in [7, 11) is 0. The van der Waals surface area contributed by atoms with Crippen molar-refractivity contribution in [2.45, 2.75) is 77.3 Å². The molecule has 5 heteroatoms. The van der Waals surface area contributed by atoms with Crippen molar-refractivity contribution in [2.24, 2.45) is 23.7 Å². The van der Waals surface area contributed by atoms with Crippen molar-refractivity contribution in [3.05, 3.63) is 18.0 Å². The van der Waals surface area contributed by atoms with Crippen molar-refractivity contribution in [1.82, 2.24) is 14.9 Å². The topological polar surface area (TPSA) is 49.3 Å². The normalized spacial score (nSPS) is 36.8. The Kier molecular flexibility index (Phi) is 5.13. The molecule has 2 aliphatic heterocycles. The van der Waals surface area contributed by atoms with E-state index in [-0.39, 0.29) is 5.92 Å². The fourth-order valence-corrected chi connectivity index (χ4v) is 6.85. The molecule has 158 valence electrons. The minimum atomic E-state index is 0.170. The van der Waals surface area contributed by atoms with Gasteiger partial charge in [0.15, 0.2) is 0 Å². The number of hydrogen-bond donors (Lipinski definition) is 0. The molecular formula is C24H36N4O. The first kappa shape index (κ1) is 19.5. The average molecular weight is 397 g/mol. The monoisotopic (exact) mass is 396 g/mol. The van der Waals surface area contributed by atoms with Crippen LogP contribution in [0.2, 0.25) is 0 Å². The molecule has 4 bridgehead atoms. The summed E-state index contributed by atoms with van der Waals surface area (Å²) in [5.41, 5.74) is 1.30. The molecule has 0 N–H and O–H groups in total. The second-order valence-corrected chi connectivity index (χ2v) is 10.3. The van der Waals surface area contributed by atoms with Crippen LogP contribution in [0, 0.1) is 23.7 Å². The lowest BCUT2D eigenvalue weighted by molar-refractivity contribution is -0.131. The minimum Gasteiger partial charge on any atom is -0.332 e.